The zero-order chi connectivity index (χ0) is 16.7. The number of anilines is 1. The van der Waals surface area contributed by atoms with Crippen molar-refractivity contribution in [2.75, 3.05) is 12.4 Å². The van der Waals surface area contributed by atoms with Gasteiger partial charge in [0.2, 0.25) is 5.91 Å². The molecule has 0 unspecified atom stereocenters. The Kier molecular flexibility index (Phi) is 5.98. The van der Waals surface area contributed by atoms with Gasteiger partial charge < -0.3 is 10.1 Å². The molecule has 0 fully saturated rings. The summed E-state index contributed by atoms with van der Waals surface area (Å²) in [5, 5.41) is 3.02. The van der Waals surface area contributed by atoms with Crippen LogP contribution in [0.4, 0.5) is 5.69 Å². The molecule has 0 heterocycles. The molecule has 3 nitrogen and oxygen atoms in total. The van der Waals surface area contributed by atoms with E-state index < -0.39 is 0 Å². The van der Waals surface area contributed by atoms with Crippen LogP contribution >= 0.6 is 0 Å². The van der Waals surface area contributed by atoms with Crippen LogP contribution in [-0.2, 0) is 17.6 Å². The number of hydrogen-bond donors (Lipinski definition) is 1. The minimum Gasteiger partial charge on any atom is -0.497 e. The fourth-order valence-electron chi connectivity index (χ4n) is 2.45. The molecule has 0 aliphatic carbocycles. The van der Waals surface area contributed by atoms with Crippen LogP contribution in [0.1, 0.15) is 30.5 Å². The van der Waals surface area contributed by atoms with E-state index in [0.717, 1.165) is 41.0 Å². The first-order chi connectivity index (χ1) is 11.2. The molecule has 1 amide bonds. The molecule has 0 atom stereocenters. The van der Waals surface area contributed by atoms with E-state index in [1.54, 1.807) is 19.3 Å². The van der Waals surface area contributed by atoms with Gasteiger partial charge >= 0.3 is 0 Å². The Morgan fingerprint density at radius 1 is 1.04 bits per heavy atom. The van der Waals surface area contributed by atoms with Gasteiger partial charge in [0.05, 0.1) is 7.11 Å². The molecule has 23 heavy (non-hydrogen) atoms. The van der Waals surface area contributed by atoms with E-state index in [1.807, 2.05) is 30.3 Å². The molecule has 0 spiro atoms. The smallest absolute Gasteiger partial charge is 0.248 e. The molecule has 2 aromatic rings. The molecule has 0 aliphatic heterocycles. The Morgan fingerprint density at radius 3 is 2.17 bits per heavy atom. The summed E-state index contributed by atoms with van der Waals surface area (Å²) in [6.45, 7) is 4.19. The lowest BCUT2D eigenvalue weighted by Crippen LogP contribution is -2.11. The summed E-state index contributed by atoms with van der Waals surface area (Å²) in [4.78, 5) is 12.2. The Balaban J connectivity index is 2.11. The average Bonchev–Trinajstić information content (AvgIpc) is 2.60. The van der Waals surface area contributed by atoms with Gasteiger partial charge in [-0.1, -0.05) is 44.2 Å². The molecule has 2 rings (SSSR count). The molecule has 0 saturated carbocycles. The van der Waals surface area contributed by atoms with Crippen LogP contribution in [0.25, 0.3) is 6.08 Å². The molecule has 0 aromatic heterocycles. The number of amides is 1. The highest BCUT2D eigenvalue weighted by atomic mass is 16.5. The number of rotatable bonds is 6. The second kappa shape index (κ2) is 8.18. The summed E-state index contributed by atoms with van der Waals surface area (Å²) >= 11 is 0. The second-order valence-corrected chi connectivity index (χ2v) is 5.25. The molecule has 0 aliphatic rings. The van der Waals surface area contributed by atoms with Gasteiger partial charge in [0.15, 0.2) is 0 Å². The van der Waals surface area contributed by atoms with Crippen molar-refractivity contribution in [1.82, 2.24) is 0 Å². The van der Waals surface area contributed by atoms with Crippen molar-refractivity contribution in [3.05, 3.63) is 65.2 Å². The van der Waals surface area contributed by atoms with Gasteiger partial charge in [-0.2, -0.15) is 0 Å². The summed E-state index contributed by atoms with van der Waals surface area (Å²) in [5.74, 6) is 0.687. The highest BCUT2D eigenvalue weighted by Crippen LogP contribution is 2.22. The monoisotopic (exact) mass is 309 g/mol. The Bertz CT molecular complexity index is 665. The standard InChI is InChI=1S/C20H23NO2/c1-4-16-7-6-8-17(5-2)20(16)21-19(22)14-11-15-9-12-18(23-3)13-10-15/h6-14H,4-5H2,1-3H3,(H,21,22). The molecule has 2 aromatic carbocycles. The third kappa shape index (κ3) is 4.46. The van der Waals surface area contributed by atoms with E-state index in [4.69, 9.17) is 4.74 Å². The first kappa shape index (κ1) is 16.8. The van der Waals surface area contributed by atoms with Crippen LogP contribution in [0.2, 0.25) is 0 Å². The predicted molar refractivity (Wildman–Crippen MR) is 95.9 cm³/mol. The number of ether oxygens (including phenoxy) is 1. The maximum absolute atomic E-state index is 12.2. The van der Waals surface area contributed by atoms with E-state index in [2.05, 4.69) is 31.3 Å². The summed E-state index contributed by atoms with van der Waals surface area (Å²) in [6.07, 6.45) is 5.15. The zero-order valence-corrected chi connectivity index (χ0v) is 13.9. The predicted octanol–water partition coefficient (Wildman–Crippen LogP) is 4.47. The van der Waals surface area contributed by atoms with Crippen molar-refractivity contribution in [1.29, 1.82) is 0 Å². The van der Waals surface area contributed by atoms with Gasteiger partial charge in [0.25, 0.3) is 0 Å². The van der Waals surface area contributed by atoms with Gasteiger partial charge in [-0.3, -0.25) is 4.79 Å². The number of benzene rings is 2. The first-order valence-electron chi connectivity index (χ1n) is 7.91. The number of carbonyl (C=O) groups is 1. The maximum Gasteiger partial charge on any atom is 0.248 e. The fraction of sp³-hybridized carbons (Fsp3) is 0.250. The number of carbonyl (C=O) groups excluding carboxylic acids is 1. The van der Waals surface area contributed by atoms with Gasteiger partial charge in [-0.15, -0.1) is 0 Å². The van der Waals surface area contributed by atoms with Crippen molar-refractivity contribution < 1.29 is 9.53 Å². The van der Waals surface area contributed by atoms with Crippen molar-refractivity contribution >= 4 is 17.7 Å². The van der Waals surface area contributed by atoms with Crippen molar-refractivity contribution in [2.45, 2.75) is 26.7 Å². The van der Waals surface area contributed by atoms with E-state index >= 15 is 0 Å². The van der Waals surface area contributed by atoms with E-state index in [-0.39, 0.29) is 5.91 Å². The van der Waals surface area contributed by atoms with Crippen LogP contribution in [0.15, 0.2) is 48.5 Å². The zero-order valence-electron chi connectivity index (χ0n) is 13.9. The third-order valence-electron chi connectivity index (χ3n) is 3.79. The summed E-state index contributed by atoms with van der Waals surface area (Å²) in [6, 6.07) is 13.7. The van der Waals surface area contributed by atoms with Crippen molar-refractivity contribution in [3.63, 3.8) is 0 Å². The minimum absolute atomic E-state index is 0.114. The molecule has 120 valence electrons. The van der Waals surface area contributed by atoms with E-state index in [0.29, 0.717) is 0 Å². The van der Waals surface area contributed by atoms with Gasteiger partial charge in [-0.25, -0.2) is 0 Å². The van der Waals surface area contributed by atoms with Crippen molar-refractivity contribution in [2.24, 2.45) is 0 Å². The lowest BCUT2D eigenvalue weighted by atomic mass is 10.0. The molecule has 0 saturated heterocycles. The number of methoxy groups -OCH3 is 1. The fourth-order valence-corrected chi connectivity index (χ4v) is 2.45. The van der Waals surface area contributed by atoms with Crippen molar-refractivity contribution in [3.8, 4) is 5.75 Å². The van der Waals surface area contributed by atoms with E-state index in [1.165, 1.54) is 0 Å². The number of nitrogens with one attached hydrogen (secondary N) is 1. The van der Waals surface area contributed by atoms with Crippen LogP contribution in [0, 0.1) is 0 Å². The highest BCUT2D eigenvalue weighted by Gasteiger charge is 2.08. The quantitative estimate of drug-likeness (QED) is 0.799. The second-order valence-electron chi connectivity index (χ2n) is 5.25. The molecular weight excluding hydrogens is 286 g/mol. The Hall–Kier alpha value is -2.55. The minimum atomic E-state index is -0.114. The molecule has 3 heteroatoms. The molecule has 0 radical (unpaired) electrons. The number of para-hydroxylation sites is 1. The van der Waals surface area contributed by atoms with Gasteiger partial charge in [0.1, 0.15) is 5.75 Å². The first-order valence-corrected chi connectivity index (χ1v) is 7.91. The number of hydrogen-bond acceptors (Lipinski definition) is 2. The largest absolute Gasteiger partial charge is 0.497 e. The van der Waals surface area contributed by atoms with Crippen LogP contribution < -0.4 is 10.1 Å². The average molecular weight is 309 g/mol. The molecular formula is C20H23NO2. The van der Waals surface area contributed by atoms with Crippen LogP contribution in [-0.4, -0.2) is 13.0 Å². The topological polar surface area (TPSA) is 38.3 Å². The lowest BCUT2D eigenvalue weighted by molar-refractivity contribution is -0.111. The maximum atomic E-state index is 12.2. The Morgan fingerprint density at radius 2 is 1.65 bits per heavy atom. The molecule has 0 bridgehead atoms. The van der Waals surface area contributed by atoms with Gasteiger partial charge in [-0.05, 0) is 47.7 Å². The third-order valence-corrected chi connectivity index (χ3v) is 3.79. The highest BCUT2D eigenvalue weighted by molar-refractivity contribution is 6.02. The van der Waals surface area contributed by atoms with E-state index in [9.17, 15) is 4.79 Å². The SMILES string of the molecule is CCc1cccc(CC)c1NC(=O)C=Cc1ccc(OC)cc1. The van der Waals surface area contributed by atoms with Crippen LogP contribution in [0.3, 0.4) is 0 Å². The van der Waals surface area contributed by atoms with Gasteiger partial charge in [0, 0.05) is 11.8 Å². The Labute approximate surface area is 138 Å². The normalized spacial score (nSPS) is 10.7. The summed E-state index contributed by atoms with van der Waals surface area (Å²) < 4.78 is 5.12. The summed E-state index contributed by atoms with van der Waals surface area (Å²) in [7, 11) is 1.63. The summed E-state index contributed by atoms with van der Waals surface area (Å²) in [5.41, 5.74) is 4.23. The lowest BCUT2D eigenvalue weighted by Gasteiger charge is -2.13. The van der Waals surface area contributed by atoms with Crippen LogP contribution in [0.5, 0.6) is 5.75 Å². The number of aryl methyl sites for hydroxylation is 2. The molecule has 1 N–H and O–H groups in total.